The van der Waals surface area contributed by atoms with Gasteiger partial charge in [0.2, 0.25) is 0 Å². The maximum atomic E-state index is 11.9. The van der Waals surface area contributed by atoms with Crippen LogP contribution in [0.4, 0.5) is 4.79 Å². The molecule has 2 aliphatic heterocycles. The van der Waals surface area contributed by atoms with Gasteiger partial charge in [-0.3, -0.25) is 0 Å². The Kier molecular flexibility index (Phi) is 3.41. The van der Waals surface area contributed by atoms with Gasteiger partial charge in [-0.25, -0.2) is 4.79 Å². The Labute approximate surface area is 98.4 Å². The fourth-order valence-electron chi connectivity index (χ4n) is 1.50. The third-order valence-corrected chi connectivity index (χ3v) is 3.52. The molecule has 0 aromatic heterocycles. The molecular weight excluding hydrogens is 225 g/mol. The van der Waals surface area contributed by atoms with Gasteiger partial charge in [-0.2, -0.15) is 0 Å². The van der Waals surface area contributed by atoms with Crippen LogP contribution in [0.15, 0.2) is 0 Å². The molecule has 92 valence electrons. The molecule has 0 aromatic rings. The van der Waals surface area contributed by atoms with Crippen molar-refractivity contribution in [1.29, 1.82) is 0 Å². The van der Waals surface area contributed by atoms with Crippen molar-refractivity contribution in [1.82, 2.24) is 4.90 Å². The third-order valence-electron chi connectivity index (χ3n) is 2.44. The lowest BCUT2D eigenvalue weighted by atomic mass is 9.96. The number of carbonyl (C=O) groups excluding carboxylic acids is 1. The van der Waals surface area contributed by atoms with Crippen LogP contribution in [0.3, 0.4) is 0 Å². The van der Waals surface area contributed by atoms with E-state index in [0.29, 0.717) is 12.4 Å². The van der Waals surface area contributed by atoms with E-state index < -0.39 is 0 Å². The molecule has 0 bridgehead atoms. The number of nitrogens with zero attached hydrogens (tertiary/aromatic N) is 1. The molecule has 0 spiro atoms. The fourth-order valence-corrected chi connectivity index (χ4v) is 2.24. The summed E-state index contributed by atoms with van der Waals surface area (Å²) < 4.78 is 10.3. The maximum Gasteiger partial charge on any atom is 0.410 e. The zero-order valence-corrected chi connectivity index (χ0v) is 11.2. The molecule has 1 amide bonds. The van der Waals surface area contributed by atoms with Crippen LogP contribution in [0.2, 0.25) is 0 Å². The van der Waals surface area contributed by atoms with Crippen LogP contribution in [-0.2, 0) is 9.47 Å². The Balaban J connectivity index is 1.82. The molecule has 5 heteroatoms. The highest BCUT2D eigenvalue weighted by atomic mass is 31.1. The molecular formula is C11H20NO3P. The monoisotopic (exact) mass is 245 g/mol. The summed E-state index contributed by atoms with van der Waals surface area (Å²) in [4.78, 5) is 13.8. The van der Waals surface area contributed by atoms with E-state index >= 15 is 0 Å². The zero-order valence-electron chi connectivity index (χ0n) is 10.2. The van der Waals surface area contributed by atoms with Crippen molar-refractivity contribution in [2.24, 2.45) is 5.41 Å². The van der Waals surface area contributed by atoms with Crippen LogP contribution in [-0.4, -0.2) is 48.8 Å². The average Bonchev–Trinajstić information content (AvgIpc) is 3.00. The standard InChI is InChI=1S/C11H20NO3P/c1-11(2,3)7-12(9-6-16-9)10(13)15-5-8-4-14-8/h8-9,16H,4-7H2,1-3H3. The van der Waals surface area contributed by atoms with Crippen LogP contribution in [0.5, 0.6) is 0 Å². The van der Waals surface area contributed by atoms with Gasteiger partial charge in [-0.15, -0.1) is 0 Å². The van der Waals surface area contributed by atoms with Crippen molar-refractivity contribution in [3.8, 4) is 0 Å². The molecule has 2 aliphatic rings. The highest BCUT2D eigenvalue weighted by Crippen LogP contribution is 2.42. The second-order valence-corrected chi connectivity index (χ2v) is 7.13. The van der Waals surface area contributed by atoms with Gasteiger partial charge in [0.05, 0.1) is 12.4 Å². The van der Waals surface area contributed by atoms with Gasteiger partial charge in [0.15, 0.2) is 0 Å². The van der Waals surface area contributed by atoms with Crippen LogP contribution in [0.25, 0.3) is 0 Å². The van der Waals surface area contributed by atoms with E-state index in [0.717, 1.165) is 27.9 Å². The molecule has 2 saturated heterocycles. The second-order valence-electron chi connectivity index (χ2n) is 5.64. The van der Waals surface area contributed by atoms with E-state index in [2.05, 4.69) is 20.8 Å². The van der Waals surface area contributed by atoms with Gasteiger partial charge >= 0.3 is 6.09 Å². The molecule has 3 unspecified atom stereocenters. The van der Waals surface area contributed by atoms with E-state index in [1.54, 1.807) is 0 Å². The minimum Gasteiger partial charge on any atom is -0.447 e. The van der Waals surface area contributed by atoms with E-state index in [1.807, 2.05) is 4.90 Å². The predicted octanol–water partition coefficient (Wildman–Crippen LogP) is 1.89. The van der Waals surface area contributed by atoms with Crippen LogP contribution < -0.4 is 0 Å². The van der Waals surface area contributed by atoms with Crippen molar-refractivity contribution >= 4 is 14.7 Å². The number of ether oxygens (including phenoxy) is 2. The van der Waals surface area contributed by atoms with Crippen molar-refractivity contribution in [2.45, 2.75) is 32.7 Å². The van der Waals surface area contributed by atoms with Gasteiger partial charge in [0, 0.05) is 6.54 Å². The number of hydrogen-bond acceptors (Lipinski definition) is 3. The first-order valence-corrected chi connectivity index (χ1v) is 7.02. The fraction of sp³-hybridized carbons (Fsp3) is 0.909. The Bertz CT molecular complexity index is 269. The highest BCUT2D eigenvalue weighted by Gasteiger charge is 2.36. The van der Waals surface area contributed by atoms with Gasteiger partial charge in [-0.05, 0) is 11.6 Å². The lowest BCUT2D eigenvalue weighted by Crippen LogP contribution is -2.40. The van der Waals surface area contributed by atoms with E-state index in [4.69, 9.17) is 9.47 Å². The molecule has 16 heavy (non-hydrogen) atoms. The zero-order chi connectivity index (χ0) is 11.8. The largest absolute Gasteiger partial charge is 0.447 e. The summed E-state index contributed by atoms with van der Waals surface area (Å²) in [6.45, 7) is 8.34. The first-order chi connectivity index (χ1) is 7.46. The maximum absolute atomic E-state index is 11.9. The molecule has 2 heterocycles. The van der Waals surface area contributed by atoms with Crippen LogP contribution in [0.1, 0.15) is 20.8 Å². The Morgan fingerprint density at radius 1 is 1.56 bits per heavy atom. The normalized spacial score (nSPS) is 28.9. The van der Waals surface area contributed by atoms with Crippen LogP contribution in [0, 0.1) is 5.41 Å². The minimum absolute atomic E-state index is 0.127. The predicted molar refractivity (Wildman–Crippen MR) is 64.2 cm³/mol. The Hall–Kier alpha value is -0.340. The molecule has 0 N–H and O–H groups in total. The molecule has 3 atom stereocenters. The van der Waals surface area contributed by atoms with Gasteiger partial charge < -0.3 is 14.4 Å². The first kappa shape index (κ1) is 12.1. The average molecular weight is 245 g/mol. The highest BCUT2D eigenvalue weighted by molar-refractivity contribution is 7.47. The summed E-state index contributed by atoms with van der Waals surface area (Å²) in [7, 11) is 0.892. The quantitative estimate of drug-likeness (QED) is 0.561. The molecule has 2 rings (SSSR count). The Morgan fingerprint density at radius 3 is 2.62 bits per heavy atom. The Morgan fingerprint density at radius 2 is 2.19 bits per heavy atom. The summed E-state index contributed by atoms with van der Waals surface area (Å²) >= 11 is 0. The number of amides is 1. The van der Waals surface area contributed by atoms with E-state index in [-0.39, 0.29) is 17.6 Å². The summed E-state index contributed by atoms with van der Waals surface area (Å²) in [5.74, 6) is 0.437. The van der Waals surface area contributed by atoms with Gasteiger partial charge in [-0.1, -0.05) is 29.4 Å². The van der Waals surface area contributed by atoms with Crippen molar-refractivity contribution < 1.29 is 14.3 Å². The minimum atomic E-state index is -0.166. The molecule has 2 fully saturated rings. The lowest BCUT2D eigenvalue weighted by Gasteiger charge is -2.29. The molecule has 4 nitrogen and oxygen atoms in total. The van der Waals surface area contributed by atoms with Crippen molar-refractivity contribution in [3.63, 3.8) is 0 Å². The summed E-state index contributed by atoms with van der Waals surface area (Å²) in [5, 5.41) is 0. The number of rotatable bonds is 4. The van der Waals surface area contributed by atoms with Gasteiger partial charge in [0.25, 0.3) is 0 Å². The SMILES string of the molecule is CC(C)(C)CN(C(=O)OCC1CO1)C1CP1. The summed E-state index contributed by atoms with van der Waals surface area (Å²) in [6, 6.07) is 0. The number of carbonyl (C=O) groups is 1. The van der Waals surface area contributed by atoms with E-state index in [9.17, 15) is 4.79 Å². The van der Waals surface area contributed by atoms with Crippen molar-refractivity contribution in [3.05, 3.63) is 0 Å². The molecule has 0 saturated carbocycles. The molecule has 0 radical (unpaired) electrons. The third kappa shape index (κ3) is 3.91. The first-order valence-electron chi connectivity index (χ1n) is 5.74. The summed E-state index contributed by atoms with van der Waals surface area (Å²) in [6.07, 6.45) is 1.13. The van der Waals surface area contributed by atoms with Crippen LogP contribution >= 0.6 is 8.58 Å². The molecule has 0 aromatic carbocycles. The van der Waals surface area contributed by atoms with Gasteiger partial charge in [0.1, 0.15) is 12.7 Å². The van der Waals surface area contributed by atoms with E-state index in [1.165, 1.54) is 0 Å². The number of epoxide rings is 1. The smallest absolute Gasteiger partial charge is 0.410 e. The van der Waals surface area contributed by atoms with Crippen molar-refractivity contribution in [2.75, 3.05) is 25.9 Å². The molecule has 0 aliphatic carbocycles. The second kappa shape index (κ2) is 4.50. The topological polar surface area (TPSA) is 42.1 Å². The summed E-state index contributed by atoms with van der Waals surface area (Å²) in [5.41, 5.74) is 0.127. The lowest BCUT2D eigenvalue weighted by molar-refractivity contribution is 0.0842. The number of hydrogen-bond donors (Lipinski definition) is 0.